The van der Waals surface area contributed by atoms with E-state index in [2.05, 4.69) is 0 Å². The number of hydrogen-bond acceptors (Lipinski definition) is 4. The van der Waals surface area contributed by atoms with Crippen LogP contribution in [0.3, 0.4) is 0 Å². The highest BCUT2D eigenvalue weighted by Crippen LogP contribution is 2.41. The molecular weight excluding hydrogens is 268 g/mol. The number of aliphatic hydroxyl groups is 1. The molecule has 0 saturated carbocycles. The Hall–Kier alpha value is -0.970. The molecule has 104 valence electrons. The maximum Gasteiger partial charge on any atom is 0.179 e. The van der Waals surface area contributed by atoms with Crippen molar-refractivity contribution in [2.45, 2.75) is 18.9 Å². The largest absolute Gasteiger partial charge is 0.489 e. The van der Waals surface area contributed by atoms with Gasteiger partial charge in [-0.15, -0.1) is 0 Å². The lowest BCUT2D eigenvalue weighted by molar-refractivity contribution is 0.0915. The summed E-state index contributed by atoms with van der Waals surface area (Å²) in [5, 5.41) is 10.9. The first-order chi connectivity index (χ1) is 9.25. The summed E-state index contributed by atoms with van der Waals surface area (Å²) in [5.74, 6) is 1.33. The molecule has 0 radical (unpaired) electrons. The fourth-order valence-electron chi connectivity index (χ4n) is 2.50. The molecule has 2 aliphatic heterocycles. The molecule has 1 fully saturated rings. The Kier molecular flexibility index (Phi) is 3.82. The summed E-state index contributed by atoms with van der Waals surface area (Å²) >= 11 is 6.22. The van der Waals surface area contributed by atoms with Gasteiger partial charge in [-0.2, -0.15) is 0 Å². The highest BCUT2D eigenvalue weighted by molar-refractivity contribution is 6.32. The van der Waals surface area contributed by atoms with Crippen molar-refractivity contribution in [1.82, 2.24) is 0 Å². The Morgan fingerprint density at radius 1 is 1.21 bits per heavy atom. The van der Waals surface area contributed by atoms with Gasteiger partial charge in [0.2, 0.25) is 0 Å². The lowest BCUT2D eigenvalue weighted by atomic mass is 9.95. The van der Waals surface area contributed by atoms with E-state index in [1.807, 2.05) is 6.07 Å². The normalized spacial score (nSPS) is 24.0. The summed E-state index contributed by atoms with van der Waals surface area (Å²) < 4.78 is 16.5. The number of halogens is 1. The summed E-state index contributed by atoms with van der Waals surface area (Å²) in [5.41, 5.74) is 0.768. The Balaban J connectivity index is 1.89. The van der Waals surface area contributed by atoms with Gasteiger partial charge >= 0.3 is 0 Å². The second-order valence-corrected chi connectivity index (χ2v) is 5.36. The minimum absolute atomic E-state index is 0.126. The third kappa shape index (κ3) is 2.66. The van der Waals surface area contributed by atoms with E-state index >= 15 is 0 Å². The van der Waals surface area contributed by atoms with Gasteiger partial charge in [0.25, 0.3) is 0 Å². The van der Waals surface area contributed by atoms with Crippen LogP contribution in [0.25, 0.3) is 0 Å². The minimum Gasteiger partial charge on any atom is -0.489 e. The van der Waals surface area contributed by atoms with E-state index in [0.717, 1.165) is 18.4 Å². The van der Waals surface area contributed by atoms with Crippen molar-refractivity contribution in [3.05, 3.63) is 22.7 Å². The van der Waals surface area contributed by atoms with E-state index in [4.69, 9.17) is 25.8 Å². The first-order valence-corrected chi connectivity index (χ1v) is 6.98. The third-order valence-corrected chi connectivity index (χ3v) is 3.86. The molecule has 19 heavy (non-hydrogen) atoms. The van der Waals surface area contributed by atoms with Crippen LogP contribution in [0.15, 0.2) is 12.1 Å². The molecule has 0 amide bonds. The second kappa shape index (κ2) is 5.57. The molecule has 4 nitrogen and oxygen atoms in total. The molecule has 2 atom stereocenters. The predicted molar refractivity (Wildman–Crippen MR) is 70.9 cm³/mol. The fraction of sp³-hybridized carbons (Fsp3) is 0.571. The van der Waals surface area contributed by atoms with Crippen LogP contribution in [-0.4, -0.2) is 31.5 Å². The van der Waals surface area contributed by atoms with E-state index < -0.39 is 6.10 Å². The molecule has 2 unspecified atom stereocenters. The van der Waals surface area contributed by atoms with Crippen molar-refractivity contribution in [2.75, 3.05) is 26.4 Å². The van der Waals surface area contributed by atoms with E-state index in [1.165, 1.54) is 0 Å². The first kappa shape index (κ1) is 13.0. The molecule has 1 N–H and O–H groups in total. The van der Waals surface area contributed by atoms with Crippen LogP contribution in [0.4, 0.5) is 0 Å². The minimum atomic E-state index is -0.572. The summed E-state index contributed by atoms with van der Waals surface area (Å²) in [6, 6.07) is 3.59. The van der Waals surface area contributed by atoms with Gasteiger partial charge in [0.05, 0.1) is 30.9 Å². The monoisotopic (exact) mass is 284 g/mol. The van der Waals surface area contributed by atoms with Crippen LogP contribution >= 0.6 is 11.6 Å². The van der Waals surface area contributed by atoms with Crippen molar-refractivity contribution in [1.29, 1.82) is 0 Å². The second-order valence-electron chi connectivity index (χ2n) is 4.95. The molecule has 0 aromatic heterocycles. The molecular formula is C14H17ClO4. The summed E-state index contributed by atoms with van der Waals surface area (Å²) in [7, 11) is 0. The number of benzene rings is 1. The van der Waals surface area contributed by atoms with Gasteiger partial charge in [0.1, 0.15) is 0 Å². The number of rotatable bonds is 2. The SMILES string of the molecule is OC(c1cc(Cl)c2c(c1)OCCCO2)C1CCOC1. The Morgan fingerprint density at radius 3 is 2.84 bits per heavy atom. The number of aliphatic hydroxyl groups excluding tert-OH is 1. The Labute approximate surface area is 117 Å². The topological polar surface area (TPSA) is 47.9 Å². The van der Waals surface area contributed by atoms with Gasteiger partial charge in [-0.05, 0) is 24.1 Å². The van der Waals surface area contributed by atoms with Gasteiger partial charge in [-0.3, -0.25) is 0 Å². The lowest BCUT2D eigenvalue weighted by Gasteiger charge is -2.19. The molecule has 0 spiro atoms. The van der Waals surface area contributed by atoms with Crippen molar-refractivity contribution in [3.63, 3.8) is 0 Å². The van der Waals surface area contributed by atoms with Gasteiger partial charge in [-0.1, -0.05) is 11.6 Å². The highest BCUT2D eigenvalue weighted by Gasteiger charge is 2.27. The van der Waals surface area contributed by atoms with Crippen LogP contribution in [0.5, 0.6) is 11.5 Å². The molecule has 0 aliphatic carbocycles. The zero-order valence-electron chi connectivity index (χ0n) is 10.6. The van der Waals surface area contributed by atoms with Crippen LogP contribution in [0.2, 0.25) is 5.02 Å². The summed E-state index contributed by atoms with van der Waals surface area (Å²) in [6.07, 6.45) is 1.13. The standard InChI is InChI=1S/C14H17ClO4/c15-11-6-10(13(16)9-2-5-17-8-9)7-12-14(11)19-4-1-3-18-12/h6-7,9,13,16H,1-5,8H2. The Morgan fingerprint density at radius 2 is 2.05 bits per heavy atom. The molecule has 5 heteroatoms. The van der Waals surface area contributed by atoms with Gasteiger partial charge < -0.3 is 19.3 Å². The average Bonchev–Trinajstić information content (AvgIpc) is 2.83. The molecule has 1 saturated heterocycles. The first-order valence-electron chi connectivity index (χ1n) is 6.60. The zero-order valence-corrected chi connectivity index (χ0v) is 11.4. The quantitative estimate of drug-likeness (QED) is 0.907. The zero-order chi connectivity index (χ0) is 13.2. The van der Waals surface area contributed by atoms with Gasteiger partial charge in [-0.25, -0.2) is 0 Å². The summed E-state index contributed by atoms with van der Waals surface area (Å²) in [4.78, 5) is 0. The highest BCUT2D eigenvalue weighted by atomic mass is 35.5. The van der Waals surface area contributed by atoms with Crippen LogP contribution in [-0.2, 0) is 4.74 Å². The average molecular weight is 285 g/mol. The van der Waals surface area contributed by atoms with Crippen molar-refractivity contribution in [2.24, 2.45) is 5.92 Å². The maximum absolute atomic E-state index is 10.4. The van der Waals surface area contributed by atoms with E-state index in [-0.39, 0.29) is 5.92 Å². The molecule has 1 aromatic rings. The van der Waals surface area contributed by atoms with Crippen LogP contribution < -0.4 is 9.47 Å². The summed E-state index contributed by atoms with van der Waals surface area (Å²) in [6.45, 7) is 2.51. The number of hydrogen-bond donors (Lipinski definition) is 1. The maximum atomic E-state index is 10.4. The smallest absolute Gasteiger partial charge is 0.179 e. The van der Waals surface area contributed by atoms with E-state index in [9.17, 15) is 5.11 Å². The van der Waals surface area contributed by atoms with Crippen molar-refractivity contribution >= 4 is 11.6 Å². The molecule has 2 heterocycles. The van der Waals surface area contributed by atoms with Crippen LogP contribution in [0.1, 0.15) is 24.5 Å². The molecule has 1 aromatic carbocycles. The lowest BCUT2D eigenvalue weighted by Crippen LogP contribution is -2.12. The Bertz CT molecular complexity index is 457. The molecule has 2 aliphatic rings. The van der Waals surface area contributed by atoms with E-state index in [0.29, 0.717) is 42.9 Å². The van der Waals surface area contributed by atoms with E-state index in [1.54, 1.807) is 6.07 Å². The third-order valence-electron chi connectivity index (χ3n) is 3.58. The number of fused-ring (bicyclic) bond motifs is 1. The fourth-order valence-corrected chi connectivity index (χ4v) is 2.77. The van der Waals surface area contributed by atoms with Crippen LogP contribution in [0, 0.1) is 5.92 Å². The van der Waals surface area contributed by atoms with Gasteiger partial charge in [0, 0.05) is 18.9 Å². The molecule has 3 rings (SSSR count). The molecule has 0 bridgehead atoms. The predicted octanol–water partition coefficient (Wildman–Crippen LogP) is 2.57. The van der Waals surface area contributed by atoms with Crippen molar-refractivity contribution < 1.29 is 19.3 Å². The van der Waals surface area contributed by atoms with Gasteiger partial charge in [0.15, 0.2) is 11.5 Å². The van der Waals surface area contributed by atoms with Crippen molar-refractivity contribution in [3.8, 4) is 11.5 Å². The number of ether oxygens (including phenoxy) is 3.